The summed E-state index contributed by atoms with van der Waals surface area (Å²) >= 11 is 9.51. The van der Waals surface area contributed by atoms with Crippen LogP contribution in [0.4, 0.5) is 0 Å². The van der Waals surface area contributed by atoms with Crippen molar-refractivity contribution in [3.05, 3.63) is 69.3 Å². The summed E-state index contributed by atoms with van der Waals surface area (Å²) in [5.74, 6) is -0.155. The van der Waals surface area contributed by atoms with Gasteiger partial charge in [0.25, 0.3) is 0 Å². The van der Waals surface area contributed by atoms with Gasteiger partial charge in [0.15, 0.2) is 0 Å². The van der Waals surface area contributed by atoms with Crippen LogP contribution in [0.5, 0.6) is 0 Å². The van der Waals surface area contributed by atoms with E-state index in [0.29, 0.717) is 10.6 Å². The Labute approximate surface area is 159 Å². The zero-order valence-electron chi connectivity index (χ0n) is 13.7. The summed E-state index contributed by atoms with van der Waals surface area (Å²) in [4.78, 5) is 12.3. The highest BCUT2D eigenvalue weighted by atomic mass is 79.9. The van der Waals surface area contributed by atoms with E-state index in [1.807, 2.05) is 35.8 Å². The SMILES string of the molecule is Cc1c(Br)c2ccccc2n1CC(=O)NC[C@@H](O)c1cccc(Cl)c1. The number of halogens is 2. The largest absolute Gasteiger partial charge is 0.387 e. The minimum absolute atomic E-state index is 0.137. The average molecular weight is 422 g/mol. The first kappa shape index (κ1) is 18.0. The van der Waals surface area contributed by atoms with Crippen LogP contribution in [0.15, 0.2) is 53.0 Å². The van der Waals surface area contributed by atoms with Crippen molar-refractivity contribution < 1.29 is 9.90 Å². The Morgan fingerprint density at radius 3 is 2.80 bits per heavy atom. The number of para-hydroxylation sites is 1. The lowest BCUT2D eigenvalue weighted by atomic mass is 10.1. The van der Waals surface area contributed by atoms with E-state index in [1.54, 1.807) is 24.3 Å². The highest BCUT2D eigenvalue weighted by Gasteiger charge is 2.15. The van der Waals surface area contributed by atoms with E-state index >= 15 is 0 Å². The standard InChI is InChI=1S/C19H18BrClN2O2/c1-12-19(20)15-7-2-3-8-16(15)23(12)11-18(25)22-10-17(24)13-5-4-6-14(21)9-13/h2-9,17,24H,10-11H2,1H3,(H,22,25)/t17-/m1/s1. The van der Waals surface area contributed by atoms with Gasteiger partial charge in [-0.05, 0) is 46.6 Å². The molecule has 1 amide bonds. The van der Waals surface area contributed by atoms with Gasteiger partial charge in [-0.15, -0.1) is 0 Å². The molecule has 0 saturated heterocycles. The maximum Gasteiger partial charge on any atom is 0.240 e. The number of nitrogens with zero attached hydrogens (tertiary/aromatic N) is 1. The predicted octanol–water partition coefficient (Wildman–Crippen LogP) is 4.22. The van der Waals surface area contributed by atoms with E-state index in [1.165, 1.54) is 0 Å². The molecule has 0 aliphatic rings. The van der Waals surface area contributed by atoms with E-state index in [4.69, 9.17) is 11.6 Å². The number of aliphatic hydroxyl groups is 1. The summed E-state index contributed by atoms with van der Waals surface area (Å²) in [6, 6.07) is 14.9. The quantitative estimate of drug-likeness (QED) is 0.648. The zero-order valence-corrected chi connectivity index (χ0v) is 16.0. The van der Waals surface area contributed by atoms with Crippen molar-refractivity contribution >= 4 is 44.3 Å². The van der Waals surface area contributed by atoms with E-state index in [2.05, 4.69) is 21.2 Å². The second kappa shape index (κ2) is 7.60. The smallest absolute Gasteiger partial charge is 0.240 e. The van der Waals surface area contributed by atoms with Crippen LogP contribution >= 0.6 is 27.5 Å². The first-order valence-corrected chi connectivity index (χ1v) is 9.08. The van der Waals surface area contributed by atoms with Gasteiger partial charge in [0.05, 0.1) is 6.10 Å². The van der Waals surface area contributed by atoms with Crippen LogP contribution in [0.2, 0.25) is 5.02 Å². The second-order valence-corrected chi connectivity index (χ2v) is 7.11. The van der Waals surface area contributed by atoms with Gasteiger partial charge in [-0.3, -0.25) is 4.79 Å². The zero-order chi connectivity index (χ0) is 18.0. The molecular weight excluding hydrogens is 404 g/mol. The number of benzene rings is 2. The third kappa shape index (κ3) is 3.89. The van der Waals surface area contributed by atoms with E-state index in [9.17, 15) is 9.90 Å². The summed E-state index contributed by atoms with van der Waals surface area (Å²) in [6.07, 6.45) is -0.795. The molecule has 0 unspecified atom stereocenters. The molecule has 0 bridgehead atoms. The van der Waals surface area contributed by atoms with Gasteiger partial charge in [0.2, 0.25) is 5.91 Å². The highest BCUT2D eigenvalue weighted by molar-refractivity contribution is 9.10. The molecule has 6 heteroatoms. The fourth-order valence-corrected chi connectivity index (χ4v) is 3.58. The van der Waals surface area contributed by atoms with Crippen LogP contribution < -0.4 is 5.32 Å². The van der Waals surface area contributed by atoms with Crippen LogP contribution in [-0.4, -0.2) is 22.1 Å². The molecule has 0 saturated carbocycles. The summed E-state index contributed by atoms with van der Waals surface area (Å²) in [5.41, 5.74) is 2.67. The Hall–Kier alpha value is -1.82. The maximum absolute atomic E-state index is 12.3. The number of rotatable bonds is 5. The topological polar surface area (TPSA) is 54.3 Å². The van der Waals surface area contributed by atoms with Crippen molar-refractivity contribution in [3.63, 3.8) is 0 Å². The molecule has 0 aliphatic heterocycles. The number of carbonyl (C=O) groups excluding carboxylic acids is 1. The molecule has 3 aromatic rings. The van der Waals surface area contributed by atoms with Gasteiger partial charge in [0, 0.05) is 32.6 Å². The van der Waals surface area contributed by atoms with Gasteiger partial charge in [0.1, 0.15) is 6.54 Å². The Bertz CT molecular complexity index is 923. The van der Waals surface area contributed by atoms with Gasteiger partial charge >= 0.3 is 0 Å². The first-order chi connectivity index (χ1) is 12.0. The fraction of sp³-hybridized carbons (Fsp3) is 0.211. The van der Waals surface area contributed by atoms with E-state index < -0.39 is 6.10 Å². The summed E-state index contributed by atoms with van der Waals surface area (Å²) in [7, 11) is 0. The molecule has 25 heavy (non-hydrogen) atoms. The minimum atomic E-state index is -0.795. The molecule has 0 aliphatic carbocycles. The van der Waals surface area contributed by atoms with Crippen molar-refractivity contribution in [2.45, 2.75) is 19.6 Å². The summed E-state index contributed by atoms with van der Waals surface area (Å²) in [5, 5.41) is 14.6. The van der Waals surface area contributed by atoms with Crippen molar-refractivity contribution in [1.82, 2.24) is 9.88 Å². The third-order valence-electron chi connectivity index (χ3n) is 4.18. The van der Waals surface area contributed by atoms with E-state index in [-0.39, 0.29) is 19.0 Å². The molecule has 1 atom stereocenters. The van der Waals surface area contributed by atoms with Crippen molar-refractivity contribution in [2.75, 3.05) is 6.54 Å². The first-order valence-electron chi connectivity index (χ1n) is 7.91. The normalized spacial score (nSPS) is 12.3. The molecule has 1 aromatic heterocycles. The Morgan fingerprint density at radius 2 is 2.04 bits per heavy atom. The van der Waals surface area contributed by atoms with Gasteiger partial charge in [-0.25, -0.2) is 0 Å². The molecular formula is C19H18BrClN2O2. The molecule has 3 rings (SSSR count). The van der Waals surface area contributed by atoms with Crippen molar-refractivity contribution in [1.29, 1.82) is 0 Å². The van der Waals surface area contributed by atoms with Gasteiger partial charge in [-0.2, -0.15) is 0 Å². The summed E-state index contributed by atoms with van der Waals surface area (Å²) < 4.78 is 2.95. The molecule has 4 nitrogen and oxygen atoms in total. The van der Waals surface area contributed by atoms with Gasteiger partial charge < -0.3 is 15.0 Å². The average Bonchev–Trinajstić information content (AvgIpc) is 2.85. The number of hydrogen-bond donors (Lipinski definition) is 2. The number of hydrogen-bond acceptors (Lipinski definition) is 2. The van der Waals surface area contributed by atoms with Crippen LogP contribution in [-0.2, 0) is 11.3 Å². The lowest BCUT2D eigenvalue weighted by molar-refractivity contribution is -0.122. The molecule has 1 heterocycles. The van der Waals surface area contributed by atoms with Crippen LogP contribution in [0, 0.1) is 6.92 Å². The van der Waals surface area contributed by atoms with Crippen molar-refractivity contribution in [2.24, 2.45) is 0 Å². The van der Waals surface area contributed by atoms with Crippen LogP contribution in [0.3, 0.4) is 0 Å². The Morgan fingerprint density at radius 1 is 1.28 bits per heavy atom. The van der Waals surface area contributed by atoms with Crippen LogP contribution in [0.1, 0.15) is 17.4 Å². The molecule has 130 valence electrons. The minimum Gasteiger partial charge on any atom is -0.387 e. The molecule has 0 fully saturated rings. The van der Waals surface area contributed by atoms with Crippen LogP contribution in [0.25, 0.3) is 10.9 Å². The third-order valence-corrected chi connectivity index (χ3v) is 5.42. The second-order valence-electron chi connectivity index (χ2n) is 5.88. The monoisotopic (exact) mass is 420 g/mol. The number of aliphatic hydroxyl groups excluding tert-OH is 1. The van der Waals surface area contributed by atoms with Crippen molar-refractivity contribution in [3.8, 4) is 0 Å². The number of fused-ring (bicyclic) bond motifs is 1. The number of carbonyl (C=O) groups is 1. The molecule has 0 radical (unpaired) electrons. The molecule has 2 N–H and O–H groups in total. The lowest BCUT2D eigenvalue weighted by Gasteiger charge is -2.14. The highest BCUT2D eigenvalue weighted by Crippen LogP contribution is 2.30. The maximum atomic E-state index is 12.3. The Kier molecular flexibility index (Phi) is 5.47. The number of nitrogens with one attached hydrogen (secondary N) is 1. The lowest BCUT2D eigenvalue weighted by Crippen LogP contribution is -2.31. The predicted molar refractivity (Wildman–Crippen MR) is 104 cm³/mol. The van der Waals surface area contributed by atoms with E-state index in [0.717, 1.165) is 21.1 Å². The molecule has 2 aromatic carbocycles. The molecule has 0 spiro atoms. The van der Waals surface area contributed by atoms with Gasteiger partial charge in [-0.1, -0.05) is 41.9 Å². The number of aromatic nitrogens is 1. The fourth-order valence-electron chi connectivity index (χ4n) is 2.83. The Balaban J connectivity index is 1.68. The number of amides is 1. The summed E-state index contributed by atoms with van der Waals surface area (Å²) in [6.45, 7) is 2.30.